The molecule has 0 atom stereocenters. The molecule has 0 bridgehead atoms. The maximum Gasteiger partial charge on any atom is 0.228 e. The van der Waals surface area contributed by atoms with Crippen LogP contribution in [0.2, 0.25) is 0 Å². The van der Waals surface area contributed by atoms with Gasteiger partial charge >= 0.3 is 0 Å². The van der Waals surface area contributed by atoms with Gasteiger partial charge in [0.25, 0.3) is 0 Å². The number of benzene rings is 1. The van der Waals surface area contributed by atoms with Gasteiger partial charge < -0.3 is 14.6 Å². The lowest BCUT2D eigenvalue weighted by atomic mass is 10.1. The van der Waals surface area contributed by atoms with Crippen molar-refractivity contribution in [3.63, 3.8) is 0 Å². The maximum atomic E-state index is 12.5. The Kier molecular flexibility index (Phi) is 4.09. The van der Waals surface area contributed by atoms with Crippen LogP contribution in [-0.2, 0) is 11.3 Å². The van der Waals surface area contributed by atoms with Gasteiger partial charge in [0.2, 0.25) is 5.91 Å². The van der Waals surface area contributed by atoms with Crippen LogP contribution in [0.1, 0.15) is 12.8 Å². The number of nitrogens with one attached hydrogen (secondary N) is 1. The highest BCUT2D eigenvalue weighted by molar-refractivity contribution is 5.85. The number of aromatic nitrogens is 3. The molecule has 1 N–H and O–H groups in total. The van der Waals surface area contributed by atoms with E-state index in [0.29, 0.717) is 19.7 Å². The van der Waals surface area contributed by atoms with E-state index in [2.05, 4.69) is 15.3 Å². The predicted molar refractivity (Wildman–Crippen MR) is 94.1 cm³/mol. The fourth-order valence-electron chi connectivity index (χ4n) is 3.04. The Hall–Kier alpha value is -2.89. The second-order valence-electron chi connectivity index (χ2n) is 6.45. The minimum atomic E-state index is -0.276. The summed E-state index contributed by atoms with van der Waals surface area (Å²) in [6, 6.07) is 9.76. The number of hydrogen-bond acceptors (Lipinski definition) is 4. The molecule has 1 saturated carbocycles. The standard InChI is InChI=1S/C19H20N4O2/c24-18(19(6-7-19)13-23-11-9-20-14-23)22-10-12-25-16-5-1-3-15-4-2-8-21-17(15)16/h1-5,8-9,11,14H,6-7,10,12-13H2,(H,22,24). The summed E-state index contributed by atoms with van der Waals surface area (Å²) in [5.74, 6) is 0.841. The molecular weight excluding hydrogens is 316 g/mol. The van der Waals surface area contributed by atoms with E-state index in [1.54, 1.807) is 18.7 Å². The van der Waals surface area contributed by atoms with Gasteiger partial charge in [-0.1, -0.05) is 18.2 Å². The quantitative estimate of drug-likeness (QED) is 0.673. The number of pyridine rings is 1. The number of carbonyl (C=O) groups is 1. The van der Waals surface area contributed by atoms with Gasteiger partial charge in [-0.2, -0.15) is 0 Å². The fraction of sp³-hybridized carbons (Fsp3) is 0.316. The number of rotatable bonds is 7. The van der Waals surface area contributed by atoms with Crippen LogP contribution in [0, 0.1) is 5.41 Å². The van der Waals surface area contributed by atoms with Crippen LogP contribution in [0.4, 0.5) is 0 Å². The Morgan fingerprint density at radius 2 is 2.12 bits per heavy atom. The van der Waals surface area contributed by atoms with Crippen molar-refractivity contribution in [2.24, 2.45) is 5.41 Å². The van der Waals surface area contributed by atoms with Crippen molar-refractivity contribution in [1.29, 1.82) is 0 Å². The van der Waals surface area contributed by atoms with E-state index in [1.807, 2.05) is 41.1 Å². The summed E-state index contributed by atoms with van der Waals surface area (Å²) < 4.78 is 7.78. The van der Waals surface area contributed by atoms with Crippen molar-refractivity contribution in [1.82, 2.24) is 19.9 Å². The largest absolute Gasteiger partial charge is 0.489 e. The molecule has 25 heavy (non-hydrogen) atoms. The highest BCUT2D eigenvalue weighted by Crippen LogP contribution is 2.47. The van der Waals surface area contributed by atoms with E-state index >= 15 is 0 Å². The molecule has 1 aliphatic rings. The number of fused-ring (bicyclic) bond motifs is 1. The third-order valence-electron chi connectivity index (χ3n) is 4.62. The molecule has 1 aliphatic carbocycles. The molecule has 2 aromatic heterocycles. The lowest BCUT2D eigenvalue weighted by molar-refractivity contribution is -0.126. The molecule has 6 heteroatoms. The molecule has 128 valence electrons. The smallest absolute Gasteiger partial charge is 0.228 e. The van der Waals surface area contributed by atoms with E-state index in [9.17, 15) is 4.79 Å². The van der Waals surface area contributed by atoms with Crippen molar-refractivity contribution < 1.29 is 9.53 Å². The molecule has 0 saturated heterocycles. The monoisotopic (exact) mass is 336 g/mol. The summed E-state index contributed by atoms with van der Waals surface area (Å²) >= 11 is 0. The molecule has 1 fully saturated rings. The molecule has 3 aromatic rings. The molecule has 0 unspecified atom stereocenters. The SMILES string of the molecule is O=C(NCCOc1cccc2cccnc12)C1(Cn2ccnc2)CC1. The predicted octanol–water partition coefficient (Wildman–Crippen LogP) is 2.41. The second kappa shape index (κ2) is 6.55. The van der Waals surface area contributed by atoms with Crippen LogP contribution in [0.5, 0.6) is 5.75 Å². The van der Waals surface area contributed by atoms with Crippen LogP contribution in [0.3, 0.4) is 0 Å². The molecule has 6 nitrogen and oxygen atoms in total. The van der Waals surface area contributed by atoms with E-state index in [1.165, 1.54) is 0 Å². The number of hydrogen-bond donors (Lipinski definition) is 1. The van der Waals surface area contributed by atoms with Gasteiger partial charge in [0.1, 0.15) is 17.9 Å². The minimum absolute atomic E-state index is 0.0980. The summed E-state index contributed by atoms with van der Waals surface area (Å²) in [7, 11) is 0. The Morgan fingerprint density at radius 1 is 1.24 bits per heavy atom. The van der Waals surface area contributed by atoms with Gasteiger partial charge in [-0.05, 0) is 25.0 Å². The number of imidazole rings is 1. The van der Waals surface area contributed by atoms with E-state index in [4.69, 9.17) is 4.74 Å². The summed E-state index contributed by atoms with van der Waals surface area (Å²) in [4.78, 5) is 20.9. The number of amides is 1. The normalized spacial score (nSPS) is 15.0. The lowest BCUT2D eigenvalue weighted by Gasteiger charge is -2.16. The van der Waals surface area contributed by atoms with Crippen molar-refractivity contribution >= 4 is 16.8 Å². The van der Waals surface area contributed by atoms with Crippen LogP contribution in [0.15, 0.2) is 55.2 Å². The first-order valence-electron chi connectivity index (χ1n) is 8.47. The third kappa shape index (κ3) is 3.33. The Labute approximate surface area is 145 Å². The lowest BCUT2D eigenvalue weighted by Crippen LogP contribution is -2.36. The summed E-state index contributed by atoms with van der Waals surface area (Å²) in [5, 5.41) is 4.04. The Morgan fingerprint density at radius 3 is 2.92 bits per heavy atom. The Balaban J connectivity index is 1.30. The summed E-state index contributed by atoms with van der Waals surface area (Å²) in [6.07, 6.45) is 8.98. The zero-order valence-electron chi connectivity index (χ0n) is 13.9. The van der Waals surface area contributed by atoms with Crippen molar-refractivity contribution in [2.45, 2.75) is 19.4 Å². The molecule has 4 rings (SSSR count). The molecule has 2 heterocycles. The molecule has 0 spiro atoms. The maximum absolute atomic E-state index is 12.5. The van der Waals surface area contributed by atoms with E-state index in [-0.39, 0.29) is 11.3 Å². The first-order chi connectivity index (χ1) is 12.3. The van der Waals surface area contributed by atoms with Crippen molar-refractivity contribution in [3.05, 3.63) is 55.2 Å². The molecule has 0 radical (unpaired) electrons. The van der Waals surface area contributed by atoms with Gasteiger partial charge in [0.05, 0.1) is 18.3 Å². The van der Waals surface area contributed by atoms with Crippen LogP contribution in [0.25, 0.3) is 10.9 Å². The van der Waals surface area contributed by atoms with Gasteiger partial charge in [0.15, 0.2) is 0 Å². The third-order valence-corrected chi connectivity index (χ3v) is 4.62. The zero-order chi connectivity index (χ0) is 17.1. The first kappa shape index (κ1) is 15.6. The van der Waals surface area contributed by atoms with Gasteiger partial charge in [-0.25, -0.2) is 4.98 Å². The average Bonchev–Trinajstić information content (AvgIpc) is 3.24. The fourth-order valence-corrected chi connectivity index (χ4v) is 3.04. The number of nitrogens with zero attached hydrogens (tertiary/aromatic N) is 3. The number of ether oxygens (including phenoxy) is 1. The van der Waals surface area contributed by atoms with Crippen molar-refractivity contribution in [2.75, 3.05) is 13.2 Å². The summed E-state index contributed by atoms with van der Waals surface area (Å²) in [6.45, 7) is 1.59. The highest BCUT2D eigenvalue weighted by Gasteiger charge is 2.49. The van der Waals surface area contributed by atoms with E-state index < -0.39 is 0 Å². The molecule has 1 aromatic carbocycles. The highest BCUT2D eigenvalue weighted by atomic mass is 16.5. The second-order valence-corrected chi connectivity index (χ2v) is 6.45. The van der Waals surface area contributed by atoms with Gasteiger partial charge in [0, 0.05) is 30.5 Å². The van der Waals surface area contributed by atoms with Gasteiger partial charge in [-0.3, -0.25) is 9.78 Å². The average molecular weight is 336 g/mol. The minimum Gasteiger partial charge on any atom is -0.489 e. The number of carbonyl (C=O) groups excluding carboxylic acids is 1. The Bertz CT molecular complexity index is 867. The van der Waals surface area contributed by atoms with Crippen LogP contribution in [-0.4, -0.2) is 33.6 Å². The molecule has 1 amide bonds. The van der Waals surface area contributed by atoms with E-state index in [0.717, 1.165) is 29.5 Å². The zero-order valence-corrected chi connectivity index (χ0v) is 13.9. The molecule has 0 aliphatic heterocycles. The van der Waals surface area contributed by atoms with Crippen LogP contribution >= 0.6 is 0 Å². The molecular formula is C19H20N4O2. The van der Waals surface area contributed by atoms with Gasteiger partial charge in [-0.15, -0.1) is 0 Å². The number of para-hydroxylation sites is 1. The summed E-state index contributed by atoms with van der Waals surface area (Å²) in [5.41, 5.74) is 0.567. The first-order valence-corrected chi connectivity index (χ1v) is 8.47. The van der Waals surface area contributed by atoms with Crippen molar-refractivity contribution in [3.8, 4) is 5.75 Å². The van der Waals surface area contributed by atoms with Crippen LogP contribution < -0.4 is 10.1 Å². The topological polar surface area (TPSA) is 69.0 Å².